The van der Waals surface area contributed by atoms with Crippen molar-refractivity contribution in [1.29, 1.82) is 0 Å². The Morgan fingerprint density at radius 3 is 2.40 bits per heavy atom. The van der Waals surface area contributed by atoms with Crippen molar-refractivity contribution in [1.82, 2.24) is 4.34 Å². The molecule has 10 heavy (non-hydrogen) atoms. The fourth-order valence-electron chi connectivity index (χ4n) is 0.644. The fourth-order valence-corrected chi connectivity index (χ4v) is 0.873. The van der Waals surface area contributed by atoms with Gasteiger partial charge in [-0.3, -0.25) is 9.14 Å². The minimum Gasteiger partial charge on any atom is -0.289 e. The lowest BCUT2D eigenvalue weighted by Crippen LogP contribution is -2.10. The van der Waals surface area contributed by atoms with Crippen molar-refractivity contribution in [2.45, 2.75) is 0 Å². The Kier molecular flexibility index (Phi) is 2.45. The van der Waals surface area contributed by atoms with E-state index in [-0.39, 0.29) is 5.91 Å². The number of carbonyl (C=O) groups excluding carboxylic acids is 1. The molecular formula is C7H6BrNO. The summed E-state index contributed by atoms with van der Waals surface area (Å²) in [7, 11) is 0. The van der Waals surface area contributed by atoms with E-state index in [0.29, 0.717) is 5.56 Å². The lowest BCUT2D eigenvalue weighted by atomic mass is 10.2. The highest BCUT2D eigenvalue weighted by Gasteiger charge is 1.98. The number of amides is 1. The summed E-state index contributed by atoms with van der Waals surface area (Å²) in [6.45, 7) is 0. The third-order valence-corrected chi connectivity index (χ3v) is 1.48. The molecule has 0 unspecified atom stereocenters. The van der Waals surface area contributed by atoms with E-state index in [2.05, 4.69) is 20.5 Å². The molecule has 0 saturated heterocycles. The van der Waals surface area contributed by atoms with Crippen LogP contribution in [0, 0.1) is 0 Å². The lowest BCUT2D eigenvalue weighted by molar-refractivity contribution is 0.0986. The molecule has 0 aliphatic carbocycles. The second kappa shape index (κ2) is 3.37. The van der Waals surface area contributed by atoms with Gasteiger partial charge in [0.15, 0.2) is 0 Å². The highest BCUT2D eigenvalue weighted by molar-refractivity contribution is 9.08. The molecule has 3 heteroatoms. The molecule has 1 aromatic rings. The van der Waals surface area contributed by atoms with E-state index in [1.54, 1.807) is 12.1 Å². The number of nitrogens with one attached hydrogen (secondary N) is 1. The molecule has 1 aromatic carbocycles. The standard InChI is InChI=1S/C7H6BrNO/c8-9-7(10)6-4-2-1-3-5-6/h1-5H,(H,9,10). The van der Waals surface area contributed by atoms with Crippen LogP contribution in [0.15, 0.2) is 30.3 Å². The van der Waals surface area contributed by atoms with Gasteiger partial charge in [0.1, 0.15) is 0 Å². The number of carbonyl (C=O) groups is 1. The molecule has 0 heterocycles. The zero-order valence-corrected chi connectivity index (χ0v) is 6.76. The molecule has 0 spiro atoms. The first-order chi connectivity index (χ1) is 4.84. The van der Waals surface area contributed by atoms with Gasteiger partial charge in [0, 0.05) is 21.7 Å². The number of hydrogen-bond donors (Lipinski definition) is 1. The average molecular weight is 200 g/mol. The van der Waals surface area contributed by atoms with Crippen LogP contribution in [0.4, 0.5) is 0 Å². The van der Waals surface area contributed by atoms with Gasteiger partial charge in [0.25, 0.3) is 5.91 Å². The summed E-state index contributed by atoms with van der Waals surface area (Å²) in [6.07, 6.45) is 0. The maximum absolute atomic E-state index is 10.9. The Bertz CT molecular complexity index is 222. The first kappa shape index (κ1) is 7.28. The van der Waals surface area contributed by atoms with Gasteiger partial charge >= 0.3 is 0 Å². The number of benzene rings is 1. The average Bonchev–Trinajstić information content (AvgIpc) is 2.05. The third kappa shape index (κ3) is 1.57. The second-order valence-electron chi connectivity index (χ2n) is 1.79. The van der Waals surface area contributed by atoms with Crippen molar-refractivity contribution in [3.8, 4) is 0 Å². The topological polar surface area (TPSA) is 29.1 Å². The molecule has 52 valence electrons. The highest BCUT2D eigenvalue weighted by atomic mass is 79.9. The van der Waals surface area contributed by atoms with Crippen molar-refractivity contribution < 1.29 is 4.79 Å². The van der Waals surface area contributed by atoms with E-state index >= 15 is 0 Å². The van der Waals surface area contributed by atoms with Crippen molar-refractivity contribution in [2.75, 3.05) is 0 Å². The molecular weight excluding hydrogens is 194 g/mol. The number of hydrogen-bond acceptors (Lipinski definition) is 1. The molecule has 0 saturated carbocycles. The van der Waals surface area contributed by atoms with Crippen LogP contribution in [0.2, 0.25) is 0 Å². The van der Waals surface area contributed by atoms with Gasteiger partial charge in [-0.15, -0.1) is 0 Å². The smallest absolute Gasteiger partial charge is 0.261 e. The van der Waals surface area contributed by atoms with Crippen molar-refractivity contribution >= 4 is 22.1 Å². The monoisotopic (exact) mass is 199 g/mol. The predicted molar refractivity (Wildman–Crippen MR) is 42.8 cm³/mol. The predicted octanol–water partition coefficient (Wildman–Crippen LogP) is 1.73. The lowest BCUT2D eigenvalue weighted by Gasteiger charge is -1.94. The number of rotatable bonds is 1. The molecule has 0 atom stereocenters. The largest absolute Gasteiger partial charge is 0.289 e. The van der Waals surface area contributed by atoms with Crippen LogP contribution in [0.25, 0.3) is 0 Å². The molecule has 2 nitrogen and oxygen atoms in total. The summed E-state index contributed by atoms with van der Waals surface area (Å²) in [4.78, 5) is 10.9. The number of halogens is 1. The van der Waals surface area contributed by atoms with E-state index in [1.807, 2.05) is 18.2 Å². The highest BCUT2D eigenvalue weighted by Crippen LogP contribution is 1.97. The molecule has 0 bridgehead atoms. The van der Waals surface area contributed by atoms with Gasteiger partial charge in [-0.05, 0) is 12.1 Å². The van der Waals surface area contributed by atoms with Gasteiger partial charge in [0.2, 0.25) is 0 Å². The third-order valence-electron chi connectivity index (χ3n) is 1.12. The van der Waals surface area contributed by atoms with E-state index in [0.717, 1.165) is 0 Å². The summed E-state index contributed by atoms with van der Waals surface area (Å²) in [6, 6.07) is 8.99. The molecule has 1 amide bonds. The molecule has 1 N–H and O–H groups in total. The van der Waals surface area contributed by atoms with Crippen LogP contribution in [0.5, 0.6) is 0 Å². The molecule has 0 radical (unpaired) electrons. The molecule has 1 rings (SSSR count). The van der Waals surface area contributed by atoms with Gasteiger partial charge in [0.05, 0.1) is 0 Å². The van der Waals surface area contributed by atoms with Gasteiger partial charge < -0.3 is 0 Å². The Labute approximate surface area is 67.6 Å². The van der Waals surface area contributed by atoms with Crippen LogP contribution in [0.1, 0.15) is 10.4 Å². The Morgan fingerprint density at radius 2 is 1.90 bits per heavy atom. The molecule has 0 aliphatic rings. The molecule has 0 fully saturated rings. The summed E-state index contributed by atoms with van der Waals surface area (Å²) in [5.74, 6) is -0.124. The molecule has 0 aliphatic heterocycles. The quantitative estimate of drug-likeness (QED) is 0.687. The van der Waals surface area contributed by atoms with Crippen molar-refractivity contribution in [2.24, 2.45) is 0 Å². The van der Waals surface area contributed by atoms with Gasteiger partial charge in [-0.1, -0.05) is 18.2 Å². The minimum absolute atomic E-state index is 0.124. The van der Waals surface area contributed by atoms with Crippen LogP contribution in [-0.4, -0.2) is 5.91 Å². The van der Waals surface area contributed by atoms with Crippen LogP contribution >= 0.6 is 16.1 Å². The second-order valence-corrected chi connectivity index (χ2v) is 2.19. The normalized spacial score (nSPS) is 8.90. The molecule has 0 aromatic heterocycles. The first-order valence-corrected chi connectivity index (χ1v) is 3.60. The Morgan fingerprint density at radius 1 is 1.30 bits per heavy atom. The summed E-state index contributed by atoms with van der Waals surface area (Å²) >= 11 is 2.85. The Hall–Kier alpha value is -0.830. The zero-order valence-electron chi connectivity index (χ0n) is 5.17. The van der Waals surface area contributed by atoms with Crippen molar-refractivity contribution in [3.63, 3.8) is 0 Å². The van der Waals surface area contributed by atoms with Crippen molar-refractivity contribution in [3.05, 3.63) is 35.9 Å². The van der Waals surface area contributed by atoms with Gasteiger partial charge in [-0.2, -0.15) is 0 Å². The van der Waals surface area contributed by atoms with Crippen LogP contribution in [0.3, 0.4) is 0 Å². The minimum atomic E-state index is -0.124. The SMILES string of the molecule is O=C(NBr)c1ccccc1. The zero-order chi connectivity index (χ0) is 7.40. The maximum atomic E-state index is 10.9. The summed E-state index contributed by atoms with van der Waals surface area (Å²) in [5, 5.41) is 0. The van der Waals surface area contributed by atoms with Crippen LogP contribution in [-0.2, 0) is 0 Å². The van der Waals surface area contributed by atoms with E-state index in [1.165, 1.54) is 0 Å². The van der Waals surface area contributed by atoms with E-state index in [4.69, 9.17) is 0 Å². The Balaban J connectivity index is 2.85. The van der Waals surface area contributed by atoms with E-state index < -0.39 is 0 Å². The maximum Gasteiger partial charge on any atom is 0.261 e. The van der Waals surface area contributed by atoms with Crippen LogP contribution < -0.4 is 4.34 Å². The fraction of sp³-hybridized carbons (Fsp3) is 0. The van der Waals surface area contributed by atoms with E-state index in [9.17, 15) is 4.79 Å². The summed E-state index contributed by atoms with van der Waals surface area (Å²) in [5.41, 5.74) is 0.652. The first-order valence-electron chi connectivity index (χ1n) is 2.80. The van der Waals surface area contributed by atoms with Gasteiger partial charge in [-0.25, -0.2) is 0 Å². The summed E-state index contributed by atoms with van der Waals surface area (Å²) < 4.78 is 2.35.